The van der Waals surface area contributed by atoms with Gasteiger partial charge in [-0.1, -0.05) is 30.7 Å². The maximum atomic E-state index is 14.1. The average Bonchev–Trinajstić information content (AvgIpc) is 2.43. The minimum Gasteiger partial charge on any atom is -0.306 e. The van der Waals surface area contributed by atoms with E-state index in [9.17, 15) is 13.2 Å². The molecule has 2 aromatic carbocycles. The molecule has 0 amide bonds. The molecule has 0 saturated carbocycles. The fourth-order valence-corrected chi connectivity index (χ4v) is 2.34. The Kier molecular flexibility index (Phi) is 5.26. The predicted octanol–water partition coefficient (Wildman–Crippen LogP) is 4.85. The molecule has 0 bridgehead atoms. The van der Waals surface area contributed by atoms with Crippen LogP contribution in [0.15, 0.2) is 36.4 Å². The van der Waals surface area contributed by atoms with Gasteiger partial charge < -0.3 is 5.32 Å². The van der Waals surface area contributed by atoms with Gasteiger partial charge in [0.1, 0.15) is 17.5 Å². The molecule has 0 radical (unpaired) electrons. The fourth-order valence-electron chi connectivity index (χ4n) is 2.18. The Balaban J connectivity index is 2.52. The van der Waals surface area contributed by atoms with E-state index >= 15 is 0 Å². The quantitative estimate of drug-likeness (QED) is 0.832. The minimum absolute atomic E-state index is 0.164. The summed E-state index contributed by atoms with van der Waals surface area (Å²) in [7, 11) is 0. The summed E-state index contributed by atoms with van der Waals surface area (Å²) in [5.74, 6) is -2.02. The predicted molar refractivity (Wildman–Crippen MR) is 77.9 cm³/mol. The van der Waals surface area contributed by atoms with Crippen LogP contribution in [0.25, 0.3) is 0 Å². The third-order valence-electron chi connectivity index (χ3n) is 3.16. The number of halogens is 4. The maximum Gasteiger partial charge on any atom is 0.131 e. The largest absolute Gasteiger partial charge is 0.306 e. The Labute approximate surface area is 126 Å². The summed E-state index contributed by atoms with van der Waals surface area (Å²) in [5.41, 5.74) is -0.0241. The molecule has 1 nitrogen and oxygen atoms in total. The lowest BCUT2D eigenvalue weighted by molar-refractivity contribution is 0.488. The molecule has 2 rings (SSSR count). The highest BCUT2D eigenvalue weighted by molar-refractivity contribution is 6.30. The first-order valence-corrected chi connectivity index (χ1v) is 7.04. The Hall–Kier alpha value is -1.52. The van der Waals surface area contributed by atoms with Crippen LogP contribution in [-0.4, -0.2) is 6.54 Å². The summed E-state index contributed by atoms with van der Waals surface area (Å²) in [4.78, 5) is 0. The number of rotatable bonds is 5. The van der Waals surface area contributed by atoms with Crippen molar-refractivity contribution >= 4 is 11.6 Å². The molecular formula is C16H15ClF3N. The van der Waals surface area contributed by atoms with Crippen molar-refractivity contribution in [2.75, 3.05) is 6.54 Å². The van der Waals surface area contributed by atoms with Crippen LogP contribution < -0.4 is 5.32 Å². The summed E-state index contributed by atoms with van der Waals surface area (Å²) in [6, 6.07) is 6.78. The first-order valence-electron chi connectivity index (χ1n) is 6.66. The third kappa shape index (κ3) is 3.57. The first kappa shape index (κ1) is 15.9. The molecule has 0 aliphatic rings. The van der Waals surface area contributed by atoms with Crippen LogP contribution in [0.2, 0.25) is 5.02 Å². The van der Waals surface area contributed by atoms with Crippen molar-refractivity contribution in [3.63, 3.8) is 0 Å². The topological polar surface area (TPSA) is 12.0 Å². The van der Waals surface area contributed by atoms with Crippen LogP contribution in [-0.2, 0) is 0 Å². The van der Waals surface area contributed by atoms with Crippen molar-refractivity contribution in [3.05, 3.63) is 70.0 Å². The van der Waals surface area contributed by atoms with Crippen molar-refractivity contribution in [2.24, 2.45) is 0 Å². The fraction of sp³-hybridized carbons (Fsp3) is 0.250. The van der Waals surface area contributed by atoms with E-state index in [1.54, 1.807) is 0 Å². The van der Waals surface area contributed by atoms with E-state index in [1.165, 1.54) is 18.2 Å². The molecule has 0 saturated heterocycles. The van der Waals surface area contributed by atoms with E-state index in [1.807, 2.05) is 6.92 Å². The van der Waals surface area contributed by atoms with Gasteiger partial charge in [-0.05, 0) is 37.2 Å². The van der Waals surface area contributed by atoms with Gasteiger partial charge in [-0.25, -0.2) is 13.2 Å². The molecule has 2 aromatic rings. The molecular weight excluding hydrogens is 299 g/mol. The van der Waals surface area contributed by atoms with E-state index in [4.69, 9.17) is 11.6 Å². The van der Waals surface area contributed by atoms with Gasteiger partial charge in [-0.15, -0.1) is 0 Å². The molecule has 0 aliphatic carbocycles. The summed E-state index contributed by atoms with van der Waals surface area (Å²) in [6.07, 6.45) is 0.752. The summed E-state index contributed by atoms with van der Waals surface area (Å²) >= 11 is 5.73. The maximum absolute atomic E-state index is 14.1. The lowest BCUT2D eigenvalue weighted by atomic mass is 9.97. The Morgan fingerprint density at radius 3 is 2.29 bits per heavy atom. The molecule has 1 atom stereocenters. The van der Waals surface area contributed by atoms with E-state index in [0.717, 1.165) is 24.6 Å². The minimum atomic E-state index is -0.900. The molecule has 21 heavy (non-hydrogen) atoms. The number of hydrogen-bond acceptors (Lipinski definition) is 1. The first-order chi connectivity index (χ1) is 10.0. The molecule has 1 unspecified atom stereocenters. The smallest absolute Gasteiger partial charge is 0.131 e. The van der Waals surface area contributed by atoms with Crippen LogP contribution in [0.5, 0.6) is 0 Å². The van der Waals surface area contributed by atoms with E-state index < -0.39 is 23.5 Å². The van der Waals surface area contributed by atoms with Crippen LogP contribution in [0.1, 0.15) is 30.5 Å². The lowest BCUT2D eigenvalue weighted by Crippen LogP contribution is -2.26. The van der Waals surface area contributed by atoms with E-state index in [-0.39, 0.29) is 16.1 Å². The zero-order chi connectivity index (χ0) is 15.4. The number of benzene rings is 2. The second-order valence-electron chi connectivity index (χ2n) is 4.69. The van der Waals surface area contributed by atoms with Crippen molar-refractivity contribution in [1.29, 1.82) is 0 Å². The molecule has 0 aromatic heterocycles. The van der Waals surface area contributed by atoms with Gasteiger partial charge in [0.2, 0.25) is 0 Å². The average molecular weight is 314 g/mol. The van der Waals surface area contributed by atoms with Gasteiger partial charge in [-0.2, -0.15) is 0 Å². The molecule has 0 spiro atoms. The van der Waals surface area contributed by atoms with Crippen molar-refractivity contribution in [2.45, 2.75) is 19.4 Å². The zero-order valence-electron chi connectivity index (χ0n) is 11.5. The van der Waals surface area contributed by atoms with Gasteiger partial charge >= 0.3 is 0 Å². The van der Waals surface area contributed by atoms with Gasteiger partial charge in [0.15, 0.2) is 0 Å². The highest BCUT2D eigenvalue weighted by atomic mass is 35.5. The zero-order valence-corrected chi connectivity index (χ0v) is 12.2. The molecule has 5 heteroatoms. The molecule has 0 heterocycles. The molecule has 1 N–H and O–H groups in total. The van der Waals surface area contributed by atoms with Crippen molar-refractivity contribution in [3.8, 4) is 0 Å². The number of hydrogen-bond donors (Lipinski definition) is 1. The van der Waals surface area contributed by atoms with Crippen LogP contribution in [0.4, 0.5) is 13.2 Å². The standard InChI is InChI=1S/C16H15ClF3N/c1-2-8-21-16(11-7-6-10(17)9-14(11)20)15-12(18)4-3-5-13(15)19/h3-7,9,16,21H,2,8H2,1H3. The summed E-state index contributed by atoms with van der Waals surface area (Å²) < 4.78 is 42.1. The Morgan fingerprint density at radius 2 is 1.71 bits per heavy atom. The Bertz CT molecular complexity index is 611. The van der Waals surface area contributed by atoms with Gasteiger partial charge in [0, 0.05) is 16.1 Å². The highest BCUT2D eigenvalue weighted by Gasteiger charge is 2.24. The van der Waals surface area contributed by atoms with Gasteiger partial charge in [0.25, 0.3) is 0 Å². The third-order valence-corrected chi connectivity index (χ3v) is 3.40. The van der Waals surface area contributed by atoms with Crippen LogP contribution in [0.3, 0.4) is 0 Å². The second-order valence-corrected chi connectivity index (χ2v) is 5.12. The van der Waals surface area contributed by atoms with Gasteiger partial charge in [0.05, 0.1) is 6.04 Å². The van der Waals surface area contributed by atoms with E-state index in [2.05, 4.69) is 5.32 Å². The highest BCUT2D eigenvalue weighted by Crippen LogP contribution is 2.29. The van der Waals surface area contributed by atoms with E-state index in [0.29, 0.717) is 6.54 Å². The SMILES string of the molecule is CCCNC(c1ccc(Cl)cc1F)c1c(F)cccc1F. The summed E-state index contributed by atoms with van der Waals surface area (Å²) in [6.45, 7) is 2.42. The Morgan fingerprint density at radius 1 is 1.05 bits per heavy atom. The van der Waals surface area contributed by atoms with Gasteiger partial charge in [-0.3, -0.25) is 0 Å². The molecule has 112 valence electrons. The van der Waals surface area contributed by atoms with Crippen LogP contribution >= 0.6 is 11.6 Å². The monoisotopic (exact) mass is 313 g/mol. The molecule has 0 aliphatic heterocycles. The normalized spacial score (nSPS) is 12.4. The van der Waals surface area contributed by atoms with Crippen molar-refractivity contribution < 1.29 is 13.2 Å². The van der Waals surface area contributed by atoms with Crippen LogP contribution in [0, 0.1) is 17.5 Å². The molecule has 0 fully saturated rings. The number of nitrogens with one attached hydrogen (secondary N) is 1. The second kappa shape index (κ2) is 6.96. The lowest BCUT2D eigenvalue weighted by Gasteiger charge is -2.21. The summed E-state index contributed by atoms with van der Waals surface area (Å²) in [5, 5.41) is 3.22. The van der Waals surface area contributed by atoms with Crippen molar-refractivity contribution in [1.82, 2.24) is 5.32 Å².